The van der Waals surface area contributed by atoms with Gasteiger partial charge >= 0.3 is 0 Å². The third-order valence-electron chi connectivity index (χ3n) is 3.14. The molecule has 3 rings (SSSR count). The van der Waals surface area contributed by atoms with E-state index in [2.05, 4.69) is 15.1 Å². The highest BCUT2D eigenvalue weighted by Crippen LogP contribution is 2.27. The lowest BCUT2D eigenvalue weighted by Gasteiger charge is -2.17. The lowest BCUT2D eigenvalue weighted by Crippen LogP contribution is -2.10. The Balaban J connectivity index is 1.95. The van der Waals surface area contributed by atoms with Crippen molar-refractivity contribution in [2.75, 3.05) is 5.73 Å². The lowest BCUT2D eigenvalue weighted by atomic mass is 10.2. The molecule has 0 aliphatic carbocycles. The summed E-state index contributed by atoms with van der Waals surface area (Å²) in [7, 11) is 0. The van der Waals surface area contributed by atoms with Crippen molar-refractivity contribution in [3.05, 3.63) is 46.7 Å². The minimum atomic E-state index is -0.239. The number of nitrogen functional groups attached to an aromatic ring is 1. The fourth-order valence-corrected chi connectivity index (χ4v) is 2.36. The van der Waals surface area contributed by atoms with Gasteiger partial charge in [-0.05, 0) is 43.7 Å². The molecule has 0 amide bonds. The van der Waals surface area contributed by atoms with Gasteiger partial charge in [-0.1, -0.05) is 11.6 Å². The van der Waals surface area contributed by atoms with Gasteiger partial charge in [0.2, 0.25) is 5.95 Å². The van der Waals surface area contributed by atoms with Crippen LogP contribution < -0.4 is 10.5 Å². The van der Waals surface area contributed by atoms with Crippen LogP contribution in [-0.4, -0.2) is 19.6 Å². The average Bonchev–Trinajstić information content (AvgIpc) is 2.81. The van der Waals surface area contributed by atoms with Crippen LogP contribution in [0.1, 0.15) is 24.3 Å². The number of halogens is 1. The maximum atomic E-state index is 5.99. The van der Waals surface area contributed by atoms with Crippen molar-refractivity contribution >= 4 is 23.3 Å². The van der Waals surface area contributed by atoms with E-state index in [9.17, 15) is 0 Å². The zero-order valence-electron chi connectivity index (χ0n) is 11.6. The van der Waals surface area contributed by atoms with Crippen molar-refractivity contribution in [3.63, 3.8) is 0 Å². The second kappa shape index (κ2) is 5.21. The molecule has 2 N–H and O–H groups in total. The second-order valence-corrected chi connectivity index (χ2v) is 5.16. The molecule has 21 heavy (non-hydrogen) atoms. The van der Waals surface area contributed by atoms with Crippen LogP contribution in [0, 0.1) is 6.92 Å². The van der Waals surface area contributed by atoms with Crippen molar-refractivity contribution < 1.29 is 4.74 Å². The normalized spacial score (nSPS) is 12.5. The maximum Gasteiger partial charge on any atom is 0.254 e. The predicted molar refractivity (Wildman–Crippen MR) is 80.4 cm³/mol. The van der Waals surface area contributed by atoms with Gasteiger partial charge < -0.3 is 10.5 Å². The van der Waals surface area contributed by atoms with E-state index in [-0.39, 0.29) is 12.1 Å². The number of nitrogens with two attached hydrogens (primary N) is 1. The number of rotatable bonds is 3. The van der Waals surface area contributed by atoms with Crippen LogP contribution in [0.5, 0.6) is 5.75 Å². The molecule has 2 aromatic heterocycles. The molecule has 0 fully saturated rings. The number of anilines is 1. The van der Waals surface area contributed by atoms with E-state index >= 15 is 0 Å². The van der Waals surface area contributed by atoms with E-state index in [1.54, 1.807) is 16.8 Å². The Morgan fingerprint density at radius 1 is 1.33 bits per heavy atom. The first-order valence-corrected chi connectivity index (χ1v) is 6.82. The van der Waals surface area contributed by atoms with Crippen molar-refractivity contribution in [1.29, 1.82) is 0 Å². The van der Waals surface area contributed by atoms with Gasteiger partial charge in [-0.3, -0.25) is 0 Å². The third-order valence-corrected chi connectivity index (χ3v) is 3.38. The van der Waals surface area contributed by atoms with Gasteiger partial charge in [0.05, 0.1) is 5.69 Å². The number of ether oxygens (including phenoxy) is 1. The monoisotopic (exact) mass is 303 g/mol. The van der Waals surface area contributed by atoms with Crippen LogP contribution in [0.2, 0.25) is 5.02 Å². The minimum absolute atomic E-state index is 0.185. The minimum Gasteiger partial charge on any atom is -0.484 e. The quantitative estimate of drug-likeness (QED) is 0.805. The molecule has 3 aromatic rings. The second-order valence-electron chi connectivity index (χ2n) is 4.72. The van der Waals surface area contributed by atoms with E-state index in [4.69, 9.17) is 22.1 Å². The maximum absolute atomic E-state index is 5.99. The van der Waals surface area contributed by atoms with Crippen molar-refractivity contribution in [3.8, 4) is 5.75 Å². The number of nitrogens with zero attached hydrogens (tertiary/aromatic N) is 4. The molecular formula is C14H14ClN5O. The molecule has 108 valence electrons. The summed E-state index contributed by atoms with van der Waals surface area (Å²) in [6, 6.07) is 7.34. The lowest BCUT2D eigenvalue weighted by molar-refractivity contribution is 0.217. The number of hydrogen-bond acceptors (Lipinski definition) is 5. The molecule has 2 heterocycles. The fraction of sp³-hybridized carbons (Fsp3) is 0.214. The van der Waals surface area contributed by atoms with Gasteiger partial charge in [-0.25, -0.2) is 4.98 Å². The first-order chi connectivity index (χ1) is 10.0. The molecule has 0 spiro atoms. The number of aryl methyl sites for hydroxylation is 1. The molecule has 0 saturated heterocycles. The average molecular weight is 304 g/mol. The molecule has 0 bridgehead atoms. The van der Waals surface area contributed by atoms with Gasteiger partial charge in [0.15, 0.2) is 0 Å². The smallest absolute Gasteiger partial charge is 0.254 e. The van der Waals surface area contributed by atoms with Crippen LogP contribution in [0.3, 0.4) is 0 Å². The summed E-state index contributed by atoms with van der Waals surface area (Å²) in [5.41, 5.74) is 7.40. The largest absolute Gasteiger partial charge is 0.484 e. The standard InChI is InChI=1S/C14H14ClN5O/c1-8-7-10(15)3-4-12(8)21-9(2)11-5-6-17-14-18-13(16)19-20(11)14/h3-7,9H,1-2H3,(H2,16,19)/t9-/m0/s1. The number of benzene rings is 1. The highest BCUT2D eigenvalue weighted by atomic mass is 35.5. The molecule has 1 atom stereocenters. The summed E-state index contributed by atoms with van der Waals surface area (Å²) >= 11 is 5.95. The van der Waals surface area contributed by atoms with Crippen LogP contribution in [-0.2, 0) is 0 Å². The Kier molecular flexibility index (Phi) is 3.39. The topological polar surface area (TPSA) is 78.3 Å². The van der Waals surface area contributed by atoms with Crippen LogP contribution in [0.25, 0.3) is 5.78 Å². The Morgan fingerprint density at radius 2 is 2.14 bits per heavy atom. The molecule has 0 aliphatic heterocycles. The molecule has 0 unspecified atom stereocenters. The molecule has 0 saturated carbocycles. The van der Waals surface area contributed by atoms with E-state index in [0.717, 1.165) is 17.0 Å². The SMILES string of the molecule is Cc1cc(Cl)ccc1O[C@@H](C)c1ccnc2nc(N)nn12. The Labute approximate surface area is 126 Å². The van der Waals surface area contributed by atoms with E-state index in [1.807, 2.05) is 32.0 Å². The number of fused-ring (bicyclic) bond motifs is 1. The summed E-state index contributed by atoms with van der Waals surface area (Å²) in [5.74, 6) is 1.41. The summed E-state index contributed by atoms with van der Waals surface area (Å²) in [6.07, 6.45) is 1.42. The highest BCUT2D eigenvalue weighted by molar-refractivity contribution is 6.30. The molecule has 1 aromatic carbocycles. The Morgan fingerprint density at radius 3 is 2.90 bits per heavy atom. The molecule has 7 heteroatoms. The Bertz CT molecular complexity index is 801. The first kappa shape index (κ1) is 13.6. The first-order valence-electron chi connectivity index (χ1n) is 6.44. The summed E-state index contributed by atoms with van der Waals surface area (Å²) in [4.78, 5) is 8.16. The van der Waals surface area contributed by atoms with E-state index < -0.39 is 0 Å². The van der Waals surface area contributed by atoms with Gasteiger partial charge in [0.1, 0.15) is 11.9 Å². The van der Waals surface area contributed by atoms with Crippen LogP contribution in [0.4, 0.5) is 5.95 Å². The van der Waals surface area contributed by atoms with E-state index in [1.165, 1.54) is 0 Å². The van der Waals surface area contributed by atoms with E-state index in [0.29, 0.717) is 10.8 Å². The third kappa shape index (κ3) is 2.62. The van der Waals surface area contributed by atoms with Gasteiger partial charge in [0.25, 0.3) is 5.78 Å². The summed E-state index contributed by atoms with van der Waals surface area (Å²) in [6.45, 7) is 3.88. The molecular weight excluding hydrogens is 290 g/mol. The van der Waals surface area contributed by atoms with Gasteiger partial charge in [-0.15, -0.1) is 5.10 Å². The van der Waals surface area contributed by atoms with Crippen molar-refractivity contribution in [2.45, 2.75) is 20.0 Å². The van der Waals surface area contributed by atoms with Crippen molar-refractivity contribution in [1.82, 2.24) is 19.6 Å². The number of aromatic nitrogens is 4. The van der Waals surface area contributed by atoms with Crippen LogP contribution in [0.15, 0.2) is 30.5 Å². The van der Waals surface area contributed by atoms with Crippen molar-refractivity contribution in [2.24, 2.45) is 0 Å². The summed E-state index contributed by atoms with van der Waals surface area (Å²) < 4.78 is 7.58. The van der Waals surface area contributed by atoms with Gasteiger partial charge in [-0.2, -0.15) is 9.50 Å². The van der Waals surface area contributed by atoms with Gasteiger partial charge in [0, 0.05) is 11.2 Å². The fourth-order valence-electron chi connectivity index (χ4n) is 2.13. The Hall–Kier alpha value is -2.34. The number of hydrogen-bond donors (Lipinski definition) is 1. The summed E-state index contributed by atoms with van der Waals surface area (Å²) in [5, 5.41) is 4.82. The predicted octanol–water partition coefficient (Wildman–Crippen LogP) is 2.81. The zero-order chi connectivity index (χ0) is 15.0. The zero-order valence-corrected chi connectivity index (χ0v) is 12.4. The molecule has 6 nitrogen and oxygen atoms in total. The highest BCUT2D eigenvalue weighted by Gasteiger charge is 2.15. The molecule has 0 aliphatic rings. The molecule has 0 radical (unpaired) electrons. The van der Waals surface area contributed by atoms with Crippen LogP contribution >= 0.6 is 11.6 Å².